The Labute approximate surface area is 82.0 Å². The van der Waals surface area contributed by atoms with Gasteiger partial charge >= 0.3 is 0 Å². The molecule has 0 saturated heterocycles. The highest BCUT2D eigenvalue weighted by Gasteiger charge is 2.16. The molecule has 1 unspecified atom stereocenters. The first kappa shape index (κ1) is 8.46. The number of thioether (sulfide) groups is 1. The largest absolute Gasteiger partial charge is 0.368 e. The molecule has 1 aliphatic rings. The van der Waals surface area contributed by atoms with Gasteiger partial charge in [-0.05, 0) is 24.6 Å². The van der Waals surface area contributed by atoms with E-state index in [0.29, 0.717) is 0 Å². The first-order valence-electron chi connectivity index (χ1n) is 4.19. The van der Waals surface area contributed by atoms with Crippen LogP contribution in [0, 0.1) is 18.3 Å². The summed E-state index contributed by atoms with van der Waals surface area (Å²) in [5, 5.41) is 11.9. The molecule has 1 aromatic rings. The average molecular weight is 190 g/mol. The van der Waals surface area contributed by atoms with Crippen molar-refractivity contribution >= 4 is 17.4 Å². The van der Waals surface area contributed by atoms with Crippen molar-refractivity contribution in [2.75, 3.05) is 11.1 Å². The second-order valence-electron chi connectivity index (χ2n) is 3.14. The van der Waals surface area contributed by atoms with Crippen LogP contribution in [0.1, 0.15) is 5.56 Å². The van der Waals surface area contributed by atoms with Gasteiger partial charge in [0.25, 0.3) is 0 Å². The lowest BCUT2D eigenvalue weighted by Gasteiger charge is -2.21. The van der Waals surface area contributed by atoms with Crippen molar-refractivity contribution < 1.29 is 0 Å². The van der Waals surface area contributed by atoms with E-state index in [1.807, 2.05) is 6.07 Å². The van der Waals surface area contributed by atoms with Gasteiger partial charge in [-0.3, -0.25) is 0 Å². The lowest BCUT2D eigenvalue weighted by atomic mass is 10.2. The fourth-order valence-electron chi connectivity index (χ4n) is 1.34. The number of benzene rings is 1. The lowest BCUT2D eigenvalue weighted by molar-refractivity contribution is 0.996. The number of aryl methyl sites for hydroxylation is 1. The molecule has 1 atom stereocenters. The number of fused-ring (bicyclic) bond motifs is 1. The standard InChI is InChI=1S/C10H10N2S/c1-7-2-3-9-10(4-7)13-6-8(5-11)12-9/h2-4,8,12H,6H2,1H3. The minimum Gasteiger partial charge on any atom is -0.368 e. The van der Waals surface area contributed by atoms with Gasteiger partial charge in [0.1, 0.15) is 6.04 Å². The zero-order valence-corrected chi connectivity index (χ0v) is 8.19. The Morgan fingerprint density at radius 1 is 1.62 bits per heavy atom. The van der Waals surface area contributed by atoms with Crippen LogP contribution in [0.5, 0.6) is 0 Å². The first-order chi connectivity index (χ1) is 6.29. The maximum Gasteiger partial charge on any atom is 0.124 e. The number of nitrogens with zero attached hydrogens (tertiary/aromatic N) is 1. The Hall–Kier alpha value is -1.14. The predicted molar refractivity (Wildman–Crippen MR) is 54.9 cm³/mol. The monoisotopic (exact) mass is 190 g/mol. The Morgan fingerprint density at radius 3 is 3.23 bits per heavy atom. The molecule has 0 amide bonds. The summed E-state index contributed by atoms with van der Waals surface area (Å²) >= 11 is 1.75. The first-order valence-corrected chi connectivity index (χ1v) is 5.18. The normalized spacial score (nSPS) is 19.8. The number of nitrogens with one attached hydrogen (secondary N) is 1. The molecule has 1 heterocycles. The fourth-order valence-corrected chi connectivity index (χ4v) is 2.40. The van der Waals surface area contributed by atoms with Gasteiger partial charge in [0.05, 0.1) is 6.07 Å². The van der Waals surface area contributed by atoms with Crippen molar-refractivity contribution in [3.05, 3.63) is 23.8 Å². The molecule has 13 heavy (non-hydrogen) atoms. The van der Waals surface area contributed by atoms with Gasteiger partial charge in [0.2, 0.25) is 0 Å². The molecule has 0 spiro atoms. The van der Waals surface area contributed by atoms with Crippen LogP contribution in [0.4, 0.5) is 5.69 Å². The number of hydrogen-bond acceptors (Lipinski definition) is 3. The summed E-state index contributed by atoms with van der Waals surface area (Å²) in [7, 11) is 0. The van der Waals surface area contributed by atoms with E-state index in [9.17, 15) is 0 Å². The van der Waals surface area contributed by atoms with Gasteiger partial charge in [-0.1, -0.05) is 6.07 Å². The lowest BCUT2D eigenvalue weighted by Crippen LogP contribution is -2.23. The zero-order chi connectivity index (χ0) is 9.26. The van der Waals surface area contributed by atoms with Gasteiger partial charge in [-0.15, -0.1) is 11.8 Å². The van der Waals surface area contributed by atoms with Gasteiger partial charge in [0.15, 0.2) is 0 Å². The number of anilines is 1. The molecule has 2 rings (SSSR count). The van der Waals surface area contributed by atoms with Crippen LogP contribution < -0.4 is 5.32 Å². The fraction of sp³-hybridized carbons (Fsp3) is 0.300. The molecule has 1 aliphatic heterocycles. The summed E-state index contributed by atoms with van der Waals surface area (Å²) in [6.45, 7) is 2.08. The van der Waals surface area contributed by atoms with E-state index in [2.05, 4.69) is 30.4 Å². The molecule has 2 nitrogen and oxygen atoms in total. The molecule has 0 bridgehead atoms. The van der Waals surface area contributed by atoms with Gasteiger partial charge < -0.3 is 5.32 Å². The van der Waals surface area contributed by atoms with E-state index < -0.39 is 0 Å². The highest BCUT2D eigenvalue weighted by molar-refractivity contribution is 7.99. The van der Waals surface area contributed by atoms with E-state index in [-0.39, 0.29) is 6.04 Å². The summed E-state index contributed by atoms with van der Waals surface area (Å²) < 4.78 is 0. The van der Waals surface area contributed by atoms with Crippen molar-refractivity contribution in [3.63, 3.8) is 0 Å². The van der Waals surface area contributed by atoms with E-state index >= 15 is 0 Å². The smallest absolute Gasteiger partial charge is 0.124 e. The average Bonchev–Trinajstić information content (AvgIpc) is 2.17. The third-order valence-corrected chi connectivity index (χ3v) is 3.18. The highest BCUT2D eigenvalue weighted by atomic mass is 32.2. The summed E-state index contributed by atoms with van der Waals surface area (Å²) in [4.78, 5) is 1.26. The molecule has 0 radical (unpaired) electrons. The minimum atomic E-state index is -0.0415. The van der Waals surface area contributed by atoms with Gasteiger partial charge in [-0.2, -0.15) is 5.26 Å². The third-order valence-electron chi connectivity index (χ3n) is 2.03. The SMILES string of the molecule is Cc1ccc2c(c1)SCC(C#N)N2. The van der Waals surface area contributed by atoms with Crippen molar-refractivity contribution in [1.82, 2.24) is 0 Å². The topological polar surface area (TPSA) is 35.8 Å². The molecule has 0 saturated carbocycles. The van der Waals surface area contributed by atoms with E-state index in [0.717, 1.165) is 11.4 Å². The van der Waals surface area contributed by atoms with Crippen molar-refractivity contribution in [2.45, 2.75) is 17.9 Å². The Kier molecular flexibility index (Phi) is 2.15. The number of rotatable bonds is 0. The predicted octanol–water partition coefficient (Wildman–Crippen LogP) is 2.40. The molecule has 3 heteroatoms. The van der Waals surface area contributed by atoms with Crippen LogP contribution in [-0.4, -0.2) is 11.8 Å². The molecule has 1 aromatic carbocycles. The van der Waals surface area contributed by atoms with Gasteiger partial charge in [0, 0.05) is 16.3 Å². The van der Waals surface area contributed by atoms with Crippen LogP contribution >= 0.6 is 11.8 Å². The van der Waals surface area contributed by atoms with E-state index in [1.54, 1.807) is 11.8 Å². The van der Waals surface area contributed by atoms with Crippen molar-refractivity contribution in [1.29, 1.82) is 5.26 Å². The minimum absolute atomic E-state index is 0.0415. The second-order valence-corrected chi connectivity index (χ2v) is 4.20. The van der Waals surface area contributed by atoms with Crippen molar-refractivity contribution in [2.24, 2.45) is 0 Å². The molecule has 0 aliphatic carbocycles. The molecule has 0 aromatic heterocycles. The second kappa shape index (κ2) is 3.31. The molecular formula is C10H10N2S. The van der Waals surface area contributed by atoms with Crippen LogP contribution in [-0.2, 0) is 0 Å². The quantitative estimate of drug-likeness (QED) is 0.682. The molecule has 1 N–H and O–H groups in total. The van der Waals surface area contributed by atoms with Crippen LogP contribution in [0.25, 0.3) is 0 Å². The summed E-state index contributed by atoms with van der Waals surface area (Å²) in [6.07, 6.45) is 0. The van der Waals surface area contributed by atoms with Gasteiger partial charge in [-0.25, -0.2) is 0 Å². The summed E-state index contributed by atoms with van der Waals surface area (Å²) in [6, 6.07) is 8.44. The van der Waals surface area contributed by atoms with Crippen LogP contribution in [0.15, 0.2) is 23.1 Å². The summed E-state index contributed by atoms with van der Waals surface area (Å²) in [5.41, 5.74) is 2.36. The third kappa shape index (κ3) is 1.63. The van der Waals surface area contributed by atoms with Crippen LogP contribution in [0.3, 0.4) is 0 Å². The number of hydrogen-bond donors (Lipinski definition) is 1. The highest BCUT2D eigenvalue weighted by Crippen LogP contribution is 2.33. The zero-order valence-electron chi connectivity index (χ0n) is 7.37. The van der Waals surface area contributed by atoms with Crippen molar-refractivity contribution in [3.8, 4) is 6.07 Å². The van der Waals surface area contributed by atoms with E-state index in [1.165, 1.54) is 10.5 Å². The Bertz CT molecular complexity index is 368. The maximum absolute atomic E-state index is 8.75. The Morgan fingerprint density at radius 2 is 2.46 bits per heavy atom. The van der Waals surface area contributed by atoms with Crippen LogP contribution in [0.2, 0.25) is 0 Å². The molecule has 0 fully saturated rings. The molecule has 66 valence electrons. The molecular weight excluding hydrogens is 180 g/mol. The number of nitriles is 1. The van der Waals surface area contributed by atoms with E-state index in [4.69, 9.17) is 5.26 Å². The summed E-state index contributed by atoms with van der Waals surface area (Å²) in [5.74, 6) is 0.840. The Balaban J connectivity index is 2.32. The maximum atomic E-state index is 8.75.